The lowest BCUT2D eigenvalue weighted by Crippen LogP contribution is -2.43. The van der Waals surface area contributed by atoms with Gasteiger partial charge in [0, 0.05) is 45.0 Å². The van der Waals surface area contributed by atoms with Gasteiger partial charge in [0.05, 0.1) is 18.8 Å². The molecule has 0 aliphatic rings. The number of rotatable bonds is 7. The van der Waals surface area contributed by atoms with E-state index in [-0.39, 0.29) is 12.5 Å². The van der Waals surface area contributed by atoms with Gasteiger partial charge in [0.2, 0.25) is 5.91 Å². The lowest BCUT2D eigenvalue weighted by atomic mass is 10.1. The molecule has 7 nitrogen and oxygen atoms in total. The summed E-state index contributed by atoms with van der Waals surface area (Å²) >= 11 is 0. The molecule has 1 aromatic heterocycles. The number of likely N-dealkylation sites (N-methyl/N-ethyl adjacent to an activating group) is 1. The van der Waals surface area contributed by atoms with Crippen LogP contribution in [0, 0.1) is 0 Å². The zero-order valence-corrected chi connectivity index (χ0v) is 15.6. The Balaban J connectivity index is 2.15. The highest BCUT2D eigenvalue weighted by atomic mass is 16.2. The van der Waals surface area contributed by atoms with Crippen molar-refractivity contribution >= 4 is 11.9 Å². The lowest BCUT2D eigenvalue weighted by Gasteiger charge is -2.14. The standard InChI is InChI=1S/C19H26N6O/c1-5-11-20-19(22-13-17(26)24(2)3)21-12-16-14-25(4)23-18(16)15-9-7-6-8-10-15/h5-10,14H,1,11-13H2,2-4H3,(H2,20,21,22). The van der Waals surface area contributed by atoms with Crippen molar-refractivity contribution in [3.05, 3.63) is 54.7 Å². The number of hydrogen-bond acceptors (Lipinski definition) is 3. The molecule has 0 aliphatic heterocycles. The second-order valence-electron chi connectivity index (χ2n) is 6.02. The Bertz CT molecular complexity index is 764. The normalized spacial score (nSPS) is 11.1. The monoisotopic (exact) mass is 354 g/mol. The summed E-state index contributed by atoms with van der Waals surface area (Å²) < 4.78 is 1.78. The minimum Gasteiger partial charge on any atom is -0.353 e. The van der Waals surface area contributed by atoms with Crippen LogP contribution in [0.4, 0.5) is 0 Å². The SMILES string of the molecule is C=CCNC(=NCc1cn(C)nc1-c1ccccc1)NCC(=O)N(C)C. The van der Waals surface area contributed by atoms with E-state index in [1.54, 1.807) is 24.9 Å². The maximum absolute atomic E-state index is 11.8. The zero-order valence-electron chi connectivity index (χ0n) is 15.6. The summed E-state index contributed by atoms with van der Waals surface area (Å²) in [5.74, 6) is 0.535. The third-order valence-corrected chi connectivity index (χ3v) is 3.68. The van der Waals surface area contributed by atoms with E-state index in [2.05, 4.69) is 27.3 Å². The summed E-state index contributed by atoms with van der Waals surface area (Å²) in [6.45, 7) is 4.87. The predicted octanol–water partition coefficient (Wildman–Crippen LogP) is 1.40. The number of hydrogen-bond donors (Lipinski definition) is 2. The molecule has 2 aromatic rings. The first-order valence-corrected chi connectivity index (χ1v) is 8.42. The van der Waals surface area contributed by atoms with Gasteiger partial charge < -0.3 is 15.5 Å². The van der Waals surface area contributed by atoms with E-state index in [0.29, 0.717) is 19.0 Å². The van der Waals surface area contributed by atoms with Crippen LogP contribution in [0.15, 0.2) is 54.2 Å². The number of nitrogens with one attached hydrogen (secondary N) is 2. The largest absolute Gasteiger partial charge is 0.353 e. The number of aromatic nitrogens is 2. The minimum atomic E-state index is -0.0237. The van der Waals surface area contributed by atoms with Crippen LogP contribution in [-0.2, 0) is 18.4 Å². The van der Waals surface area contributed by atoms with E-state index < -0.39 is 0 Å². The molecule has 7 heteroatoms. The molecular weight excluding hydrogens is 328 g/mol. The Kier molecular flexibility index (Phi) is 6.96. The minimum absolute atomic E-state index is 0.0237. The van der Waals surface area contributed by atoms with E-state index in [0.717, 1.165) is 16.8 Å². The van der Waals surface area contributed by atoms with Gasteiger partial charge >= 0.3 is 0 Å². The lowest BCUT2D eigenvalue weighted by molar-refractivity contribution is -0.127. The first kappa shape index (κ1) is 19.2. The van der Waals surface area contributed by atoms with Crippen molar-refractivity contribution in [1.82, 2.24) is 25.3 Å². The van der Waals surface area contributed by atoms with E-state index >= 15 is 0 Å². The molecule has 1 heterocycles. The number of nitrogens with zero attached hydrogens (tertiary/aromatic N) is 4. The van der Waals surface area contributed by atoms with Crippen LogP contribution in [0.25, 0.3) is 11.3 Å². The van der Waals surface area contributed by atoms with Crippen molar-refractivity contribution < 1.29 is 4.79 Å². The molecule has 1 aromatic carbocycles. The molecule has 0 aliphatic carbocycles. The Morgan fingerprint density at radius 1 is 1.31 bits per heavy atom. The number of carbonyl (C=O) groups excluding carboxylic acids is 1. The van der Waals surface area contributed by atoms with Gasteiger partial charge in [0.25, 0.3) is 0 Å². The van der Waals surface area contributed by atoms with Crippen LogP contribution in [0.3, 0.4) is 0 Å². The number of amides is 1. The van der Waals surface area contributed by atoms with Crippen molar-refractivity contribution in [2.45, 2.75) is 6.54 Å². The second-order valence-corrected chi connectivity index (χ2v) is 6.02. The highest BCUT2D eigenvalue weighted by Crippen LogP contribution is 2.22. The predicted molar refractivity (Wildman–Crippen MR) is 105 cm³/mol. The number of guanidine groups is 1. The number of benzene rings is 1. The molecular formula is C19H26N6O. The zero-order chi connectivity index (χ0) is 18.9. The maximum Gasteiger partial charge on any atom is 0.241 e. The molecule has 2 rings (SSSR count). The number of aryl methyl sites for hydroxylation is 1. The fourth-order valence-corrected chi connectivity index (χ4v) is 2.32. The van der Waals surface area contributed by atoms with Gasteiger partial charge in [-0.15, -0.1) is 6.58 Å². The summed E-state index contributed by atoms with van der Waals surface area (Å²) in [5, 5.41) is 10.7. The molecule has 138 valence electrons. The molecule has 26 heavy (non-hydrogen) atoms. The van der Waals surface area contributed by atoms with Crippen molar-refractivity contribution in [2.24, 2.45) is 12.0 Å². The van der Waals surface area contributed by atoms with Gasteiger partial charge in [-0.05, 0) is 0 Å². The van der Waals surface area contributed by atoms with Crippen molar-refractivity contribution in [2.75, 3.05) is 27.2 Å². The first-order valence-electron chi connectivity index (χ1n) is 8.42. The molecule has 0 atom stereocenters. The topological polar surface area (TPSA) is 74.5 Å². The van der Waals surface area contributed by atoms with Crippen LogP contribution in [0.1, 0.15) is 5.56 Å². The fraction of sp³-hybridized carbons (Fsp3) is 0.316. The van der Waals surface area contributed by atoms with Crippen molar-refractivity contribution in [3.63, 3.8) is 0 Å². The molecule has 0 fully saturated rings. The van der Waals surface area contributed by atoms with Gasteiger partial charge in [-0.2, -0.15) is 5.10 Å². The second kappa shape index (κ2) is 9.41. The number of carbonyl (C=O) groups is 1. The summed E-state index contributed by atoms with van der Waals surface area (Å²) in [6.07, 6.45) is 3.70. The Labute approximate surface area is 154 Å². The van der Waals surface area contributed by atoms with Crippen LogP contribution in [-0.4, -0.2) is 53.7 Å². The van der Waals surface area contributed by atoms with Gasteiger partial charge in [-0.25, -0.2) is 4.99 Å². The Hall–Kier alpha value is -3.09. The molecule has 0 saturated heterocycles. The number of aliphatic imine (C=N–C) groups is 1. The van der Waals surface area contributed by atoms with Gasteiger partial charge in [0.1, 0.15) is 0 Å². The highest BCUT2D eigenvalue weighted by molar-refractivity contribution is 5.86. The third-order valence-electron chi connectivity index (χ3n) is 3.68. The van der Waals surface area contributed by atoms with Crippen LogP contribution in [0.5, 0.6) is 0 Å². The van der Waals surface area contributed by atoms with Crippen LogP contribution < -0.4 is 10.6 Å². The van der Waals surface area contributed by atoms with Gasteiger partial charge in [-0.1, -0.05) is 36.4 Å². The first-order chi connectivity index (χ1) is 12.5. The van der Waals surface area contributed by atoms with Gasteiger partial charge in [0.15, 0.2) is 5.96 Å². The average Bonchev–Trinajstić information content (AvgIpc) is 3.02. The molecule has 0 unspecified atom stereocenters. The Morgan fingerprint density at radius 3 is 2.69 bits per heavy atom. The Morgan fingerprint density at radius 2 is 2.04 bits per heavy atom. The fourth-order valence-electron chi connectivity index (χ4n) is 2.32. The molecule has 0 bridgehead atoms. The third kappa shape index (κ3) is 5.47. The van der Waals surface area contributed by atoms with Crippen molar-refractivity contribution in [3.8, 4) is 11.3 Å². The van der Waals surface area contributed by atoms with E-state index in [1.165, 1.54) is 4.90 Å². The highest BCUT2D eigenvalue weighted by Gasteiger charge is 2.10. The quantitative estimate of drug-likeness (QED) is 0.448. The summed E-state index contributed by atoms with van der Waals surface area (Å²) in [5.41, 5.74) is 2.97. The van der Waals surface area contributed by atoms with E-state index in [4.69, 9.17) is 0 Å². The van der Waals surface area contributed by atoms with Crippen molar-refractivity contribution in [1.29, 1.82) is 0 Å². The molecule has 2 N–H and O–H groups in total. The molecule has 1 amide bonds. The summed E-state index contributed by atoms with van der Waals surface area (Å²) in [4.78, 5) is 17.9. The summed E-state index contributed by atoms with van der Waals surface area (Å²) in [7, 11) is 5.34. The van der Waals surface area contributed by atoms with Crippen LogP contribution in [0.2, 0.25) is 0 Å². The average molecular weight is 354 g/mol. The molecule has 0 radical (unpaired) electrons. The van der Waals surface area contributed by atoms with E-state index in [9.17, 15) is 4.79 Å². The van der Waals surface area contributed by atoms with Gasteiger partial charge in [-0.3, -0.25) is 9.48 Å². The smallest absolute Gasteiger partial charge is 0.241 e. The molecule has 0 spiro atoms. The summed E-state index contributed by atoms with van der Waals surface area (Å²) in [6, 6.07) is 10.0. The van der Waals surface area contributed by atoms with E-state index in [1.807, 2.05) is 43.6 Å². The maximum atomic E-state index is 11.8. The van der Waals surface area contributed by atoms with Crippen LogP contribution >= 0.6 is 0 Å². The molecule has 0 saturated carbocycles.